The van der Waals surface area contributed by atoms with Crippen molar-refractivity contribution in [1.29, 1.82) is 0 Å². The van der Waals surface area contributed by atoms with Crippen LogP contribution in [0.2, 0.25) is 0 Å². The third kappa shape index (κ3) is 5.61. The molecule has 2 aliphatic rings. The highest BCUT2D eigenvalue weighted by Crippen LogP contribution is 2.19. The van der Waals surface area contributed by atoms with E-state index in [0.29, 0.717) is 6.04 Å². The molecule has 29 heavy (non-hydrogen) atoms. The van der Waals surface area contributed by atoms with Crippen molar-refractivity contribution in [3.05, 3.63) is 64.4 Å². The molecule has 3 heterocycles. The molecular weight excluding hydrogens is 378 g/mol. The number of hydrogen-bond acceptors (Lipinski definition) is 4. The molecule has 5 nitrogen and oxygen atoms in total. The molecule has 2 N–H and O–H groups in total. The predicted octanol–water partition coefficient (Wildman–Crippen LogP) is 3.45. The second kappa shape index (κ2) is 9.94. The Hall–Kier alpha value is -2.31. The van der Waals surface area contributed by atoms with Crippen LogP contribution in [0, 0.1) is 0 Å². The van der Waals surface area contributed by atoms with E-state index >= 15 is 0 Å². The molecule has 0 spiro atoms. The zero-order valence-corrected chi connectivity index (χ0v) is 18.0. The molecule has 0 unspecified atom stereocenters. The zero-order valence-electron chi connectivity index (χ0n) is 17.2. The van der Waals surface area contributed by atoms with Gasteiger partial charge in [0, 0.05) is 58.0 Å². The Bertz CT molecular complexity index is 814. The van der Waals surface area contributed by atoms with E-state index in [9.17, 15) is 0 Å². The lowest BCUT2D eigenvalue weighted by molar-refractivity contribution is 0.198. The average Bonchev–Trinajstić information content (AvgIpc) is 3.47. The van der Waals surface area contributed by atoms with Gasteiger partial charge in [-0.15, -0.1) is 0 Å². The normalized spacial score (nSPS) is 18.4. The van der Waals surface area contributed by atoms with E-state index in [2.05, 4.69) is 78.7 Å². The Morgan fingerprint density at radius 1 is 1.14 bits per heavy atom. The summed E-state index contributed by atoms with van der Waals surface area (Å²) in [6, 6.07) is 11.5. The lowest BCUT2D eigenvalue weighted by Crippen LogP contribution is -2.48. The van der Waals surface area contributed by atoms with Gasteiger partial charge in [-0.2, -0.15) is 11.3 Å². The SMILES string of the molecule is CN=C(NCc1cccc(N2CC=CC2)c1)NC1CCN(Cc2ccsc2)CC1. The fourth-order valence-electron chi connectivity index (χ4n) is 4.00. The van der Waals surface area contributed by atoms with Crippen LogP contribution in [0.3, 0.4) is 0 Å². The number of benzene rings is 1. The van der Waals surface area contributed by atoms with Crippen molar-refractivity contribution in [1.82, 2.24) is 15.5 Å². The number of likely N-dealkylation sites (tertiary alicyclic amines) is 1. The molecule has 0 aliphatic carbocycles. The molecular formula is C23H31N5S. The lowest BCUT2D eigenvalue weighted by Gasteiger charge is -2.33. The highest BCUT2D eigenvalue weighted by Gasteiger charge is 2.20. The van der Waals surface area contributed by atoms with E-state index in [1.54, 1.807) is 11.3 Å². The highest BCUT2D eigenvalue weighted by atomic mass is 32.1. The number of anilines is 1. The van der Waals surface area contributed by atoms with E-state index in [1.165, 1.54) is 16.8 Å². The Morgan fingerprint density at radius 2 is 1.97 bits per heavy atom. The number of nitrogens with one attached hydrogen (secondary N) is 2. The van der Waals surface area contributed by atoms with E-state index in [4.69, 9.17) is 0 Å². The Labute approximate surface area is 178 Å². The van der Waals surface area contributed by atoms with Crippen LogP contribution in [0.25, 0.3) is 0 Å². The Morgan fingerprint density at radius 3 is 2.69 bits per heavy atom. The van der Waals surface area contributed by atoms with Gasteiger partial charge in [-0.3, -0.25) is 9.89 Å². The van der Waals surface area contributed by atoms with Crippen molar-refractivity contribution < 1.29 is 0 Å². The van der Waals surface area contributed by atoms with Gasteiger partial charge in [0.05, 0.1) is 0 Å². The number of rotatable bonds is 6. The number of guanidine groups is 1. The minimum Gasteiger partial charge on any atom is -0.364 e. The molecule has 2 aromatic rings. The largest absolute Gasteiger partial charge is 0.364 e. The first-order chi connectivity index (χ1) is 14.3. The first-order valence-electron chi connectivity index (χ1n) is 10.5. The summed E-state index contributed by atoms with van der Waals surface area (Å²) in [6.07, 6.45) is 6.76. The molecule has 4 rings (SSSR count). The second-order valence-electron chi connectivity index (χ2n) is 7.80. The summed E-state index contributed by atoms with van der Waals surface area (Å²) in [6.45, 7) is 6.14. The molecule has 0 amide bonds. The van der Waals surface area contributed by atoms with Gasteiger partial charge in [-0.1, -0.05) is 24.3 Å². The van der Waals surface area contributed by atoms with Gasteiger partial charge in [0.25, 0.3) is 0 Å². The summed E-state index contributed by atoms with van der Waals surface area (Å²) >= 11 is 1.78. The quantitative estimate of drug-likeness (QED) is 0.436. The van der Waals surface area contributed by atoms with E-state index in [0.717, 1.165) is 58.1 Å². The maximum absolute atomic E-state index is 4.44. The maximum atomic E-state index is 4.44. The van der Waals surface area contributed by atoms with Crippen molar-refractivity contribution in [2.45, 2.75) is 32.0 Å². The molecule has 1 fully saturated rings. The average molecular weight is 410 g/mol. The third-order valence-corrected chi connectivity index (χ3v) is 6.42. The van der Waals surface area contributed by atoms with Gasteiger partial charge in [0.2, 0.25) is 0 Å². The fraction of sp³-hybridized carbons (Fsp3) is 0.435. The number of hydrogen-bond donors (Lipinski definition) is 2. The van der Waals surface area contributed by atoms with Crippen LogP contribution in [0.15, 0.2) is 58.2 Å². The lowest BCUT2D eigenvalue weighted by atomic mass is 10.0. The van der Waals surface area contributed by atoms with Crippen LogP contribution >= 0.6 is 11.3 Å². The number of nitrogens with zero attached hydrogens (tertiary/aromatic N) is 3. The standard InChI is InChI=1S/C23H31N5S/c1-24-23(25-16-19-5-4-6-22(15-19)28-10-2-3-11-28)26-21-7-12-27(13-8-21)17-20-9-14-29-18-20/h2-6,9,14-15,18,21H,7-8,10-13,16-17H2,1H3,(H2,24,25,26). The van der Waals surface area contributed by atoms with Crippen molar-refractivity contribution >= 4 is 23.0 Å². The summed E-state index contributed by atoms with van der Waals surface area (Å²) in [5.41, 5.74) is 4.00. The summed E-state index contributed by atoms with van der Waals surface area (Å²) in [4.78, 5) is 9.36. The molecule has 1 saturated heterocycles. The topological polar surface area (TPSA) is 42.9 Å². The highest BCUT2D eigenvalue weighted by molar-refractivity contribution is 7.07. The molecule has 1 aromatic heterocycles. The molecule has 1 aromatic carbocycles. The fourth-order valence-corrected chi connectivity index (χ4v) is 4.66. The van der Waals surface area contributed by atoms with Crippen LogP contribution in [0.4, 0.5) is 5.69 Å². The molecule has 0 radical (unpaired) electrons. The van der Waals surface area contributed by atoms with Crippen LogP contribution in [0.5, 0.6) is 0 Å². The van der Waals surface area contributed by atoms with Gasteiger partial charge < -0.3 is 15.5 Å². The molecule has 0 bridgehead atoms. The van der Waals surface area contributed by atoms with E-state index < -0.39 is 0 Å². The zero-order chi connectivity index (χ0) is 19.9. The van der Waals surface area contributed by atoms with Crippen LogP contribution < -0.4 is 15.5 Å². The first kappa shape index (κ1) is 20.0. The van der Waals surface area contributed by atoms with Gasteiger partial charge in [-0.25, -0.2) is 0 Å². The summed E-state index contributed by atoms with van der Waals surface area (Å²) in [5.74, 6) is 0.898. The monoisotopic (exact) mass is 409 g/mol. The molecule has 6 heteroatoms. The van der Waals surface area contributed by atoms with Crippen LogP contribution in [-0.2, 0) is 13.1 Å². The third-order valence-electron chi connectivity index (χ3n) is 5.69. The molecule has 154 valence electrons. The number of piperidine rings is 1. The smallest absolute Gasteiger partial charge is 0.191 e. The van der Waals surface area contributed by atoms with E-state index in [1.807, 2.05) is 7.05 Å². The van der Waals surface area contributed by atoms with Crippen molar-refractivity contribution in [2.75, 3.05) is 38.1 Å². The van der Waals surface area contributed by atoms with Crippen LogP contribution in [-0.4, -0.2) is 50.1 Å². The Balaban J connectivity index is 1.22. The summed E-state index contributed by atoms with van der Waals surface area (Å²) in [7, 11) is 1.85. The number of thiophene rings is 1. The molecule has 0 saturated carbocycles. The Kier molecular flexibility index (Phi) is 6.85. The van der Waals surface area contributed by atoms with Gasteiger partial charge >= 0.3 is 0 Å². The maximum Gasteiger partial charge on any atom is 0.191 e. The van der Waals surface area contributed by atoms with Gasteiger partial charge in [-0.05, 0) is 52.9 Å². The van der Waals surface area contributed by atoms with Crippen LogP contribution in [0.1, 0.15) is 24.0 Å². The van der Waals surface area contributed by atoms with E-state index in [-0.39, 0.29) is 0 Å². The summed E-state index contributed by atoms with van der Waals surface area (Å²) in [5, 5.41) is 11.5. The first-order valence-corrected chi connectivity index (χ1v) is 11.4. The van der Waals surface area contributed by atoms with Crippen molar-refractivity contribution in [2.24, 2.45) is 4.99 Å². The number of aliphatic imine (C=N–C) groups is 1. The second-order valence-corrected chi connectivity index (χ2v) is 8.58. The summed E-state index contributed by atoms with van der Waals surface area (Å²) < 4.78 is 0. The molecule has 0 atom stereocenters. The van der Waals surface area contributed by atoms with Gasteiger partial charge in [0.1, 0.15) is 0 Å². The van der Waals surface area contributed by atoms with Gasteiger partial charge in [0.15, 0.2) is 5.96 Å². The van der Waals surface area contributed by atoms with Crippen molar-refractivity contribution in [3.63, 3.8) is 0 Å². The molecule has 2 aliphatic heterocycles. The predicted molar refractivity (Wildman–Crippen MR) is 124 cm³/mol. The minimum absolute atomic E-state index is 0.488. The minimum atomic E-state index is 0.488. The van der Waals surface area contributed by atoms with Crippen molar-refractivity contribution in [3.8, 4) is 0 Å².